The van der Waals surface area contributed by atoms with E-state index in [1.807, 2.05) is 6.07 Å². The Bertz CT molecular complexity index is 544. The molecule has 1 saturated heterocycles. The van der Waals surface area contributed by atoms with Crippen molar-refractivity contribution in [3.63, 3.8) is 0 Å². The van der Waals surface area contributed by atoms with Gasteiger partial charge < -0.3 is 14.4 Å². The van der Waals surface area contributed by atoms with Crippen molar-refractivity contribution in [3.05, 3.63) is 35.9 Å². The van der Waals surface area contributed by atoms with Crippen LogP contribution in [-0.4, -0.2) is 49.2 Å². The van der Waals surface area contributed by atoms with Crippen LogP contribution in [0.3, 0.4) is 0 Å². The standard InChI is InChI=1S/C19H27NO4/c1-4-23-19(22)16-13-20(12-14(2)3)11-10-17(16)24-18(21)15-8-6-5-7-9-15/h5-9,14,16-17H,4,10-13H2,1-3H3. The molecule has 1 heterocycles. The molecule has 1 fully saturated rings. The molecule has 0 aliphatic carbocycles. The topological polar surface area (TPSA) is 55.8 Å². The summed E-state index contributed by atoms with van der Waals surface area (Å²) >= 11 is 0. The fourth-order valence-corrected chi connectivity index (χ4v) is 3.08. The first-order valence-electron chi connectivity index (χ1n) is 8.66. The molecule has 2 rings (SSSR count). The van der Waals surface area contributed by atoms with E-state index < -0.39 is 12.0 Å². The molecule has 2 unspecified atom stereocenters. The Labute approximate surface area is 143 Å². The maximum atomic E-state index is 12.3. The number of benzene rings is 1. The summed E-state index contributed by atoms with van der Waals surface area (Å²) in [6, 6.07) is 8.88. The van der Waals surface area contributed by atoms with Crippen molar-refractivity contribution in [2.75, 3.05) is 26.2 Å². The highest BCUT2D eigenvalue weighted by Gasteiger charge is 2.38. The summed E-state index contributed by atoms with van der Waals surface area (Å²) in [7, 11) is 0. The van der Waals surface area contributed by atoms with Crippen molar-refractivity contribution in [2.24, 2.45) is 11.8 Å². The van der Waals surface area contributed by atoms with Crippen LogP contribution in [0.4, 0.5) is 0 Å². The van der Waals surface area contributed by atoms with Crippen LogP contribution in [0, 0.1) is 11.8 Å². The SMILES string of the molecule is CCOC(=O)C1CN(CC(C)C)CCC1OC(=O)c1ccccc1. The van der Waals surface area contributed by atoms with Crippen LogP contribution in [0.1, 0.15) is 37.6 Å². The van der Waals surface area contributed by atoms with E-state index in [4.69, 9.17) is 9.47 Å². The Balaban J connectivity index is 2.05. The summed E-state index contributed by atoms with van der Waals surface area (Å²) in [6.07, 6.45) is 0.217. The lowest BCUT2D eigenvalue weighted by molar-refractivity contribution is -0.155. The second-order valence-corrected chi connectivity index (χ2v) is 6.61. The number of esters is 2. The van der Waals surface area contributed by atoms with E-state index in [1.54, 1.807) is 31.2 Å². The normalized spacial score (nSPS) is 21.5. The maximum Gasteiger partial charge on any atom is 0.338 e. The molecule has 5 heteroatoms. The quantitative estimate of drug-likeness (QED) is 0.749. The van der Waals surface area contributed by atoms with E-state index in [0.29, 0.717) is 31.1 Å². The van der Waals surface area contributed by atoms with Crippen molar-refractivity contribution in [2.45, 2.75) is 33.3 Å². The van der Waals surface area contributed by atoms with Gasteiger partial charge in [0.1, 0.15) is 12.0 Å². The lowest BCUT2D eigenvalue weighted by Gasteiger charge is -2.37. The Kier molecular flexibility index (Phi) is 6.79. The summed E-state index contributed by atoms with van der Waals surface area (Å²) in [5.74, 6) is -0.564. The lowest BCUT2D eigenvalue weighted by atomic mass is 9.93. The first-order valence-corrected chi connectivity index (χ1v) is 8.66. The Hall–Kier alpha value is -1.88. The molecule has 5 nitrogen and oxygen atoms in total. The zero-order chi connectivity index (χ0) is 17.5. The highest BCUT2D eigenvalue weighted by atomic mass is 16.6. The number of piperidine rings is 1. The van der Waals surface area contributed by atoms with Gasteiger partial charge in [-0.1, -0.05) is 32.0 Å². The third-order valence-electron chi connectivity index (χ3n) is 4.11. The van der Waals surface area contributed by atoms with E-state index >= 15 is 0 Å². The molecule has 0 bridgehead atoms. The molecule has 0 radical (unpaired) electrons. The molecule has 1 aromatic rings. The largest absolute Gasteiger partial charge is 0.466 e. The number of carbonyl (C=O) groups excluding carboxylic acids is 2. The van der Waals surface area contributed by atoms with Crippen molar-refractivity contribution < 1.29 is 19.1 Å². The summed E-state index contributed by atoms with van der Waals surface area (Å²) in [6.45, 7) is 8.75. The van der Waals surface area contributed by atoms with Crippen molar-refractivity contribution in [1.29, 1.82) is 0 Å². The van der Waals surface area contributed by atoms with Gasteiger partial charge in [0.2, 0.25) is 0 Å². The number of hydrogen-bond donors (Lipinski definition) is 0. The van der Waals surface area contributed by atoms with Crippen LogP contribution in [-0.2, 0) is 14.3 Å². The van der Waals surface area contributed by atoms with Gasteiger partial charge in [0.05, 0.1) is 12.2 Å². The van der Waals surface area contributed by atoms with Crippen molar-refractivity contribution in [1.82, 2.24) is 4.90 Å². The van der Waals surface area contributed by atoms with Gasteiger partial charge in [-0.15, -0.1) is 0 Å². The van der Waals surface area contributed by atoms with E-state index in [0.717, 1.165) is 13.1 Å². The number of hydrogen-bond acceptors (Lipinski definition) is 5. The number of nitrogens with zero attached hydrogens (tertiary/aromatic N) is 1. The summed E-state index contributed by atoms with van der Waals surface area (Å²) in [4.78, 5) is 26.9. The van der Waals surface area contributed by atoms with Gasteiger partial charge in [-0.2, -0.15) is 0 Å². The number of carbonyl (C=O) groups is 2. The average molecular weight is 333 g/mol. The van der Waals surface area contributed by atoms with Crippen LogP contribution in [0.25, 0.3) is 0 Å². The molecule has 0 N–H and O–H groups in total. The molecule has 1 aliphatic heterocycles. The first kappa shape index (κ1) is 18.5. The van der Waals surface area contributed by atoms with Gasteiger partial charge in [0.15, 0.2) is 0 Å². The second-order valence-electron chi connectivity index (χ2n) is 6.61. The predicted molar refractivity (Wildman–Crippen MR) is 91.7 cm³/mol. The molecule has 1 aromatic carbocycles. The highest BCUT2D eigenvalue weighted by molar-refractivity contribution is 5.89. The molecule has 0 aromatic heterocycles. The Morgan fingerprint density at radius 3 is 2.58 bits per heavy atom. The molecule has 0 spiro atoms. The third kappa shape index (κ3) is 5.06. The number of likely N-dealkylation sites (tertiary alicyclic amines) is 1. The van der Waals surface area contributed by atoms with Crippen molar-refractivity contribution in [3.8, 4) is 0 Å². The summed E-state index contributed by atoms with van der Waals surface area (Å²) in [5, 5.41) is 0. The Morgan fingerprint density at radius 2 is 1.96 bits per heavy atom. The van der Waals surface area contributed by atoms with E-state index in [2.05, 4.69) is 18.7 Å². The number of rotatable bonds is 6. The summed E-state index contributed by atoms with van der Waals surface area (Å²) < 4.78 is 10.8. The lowest BCUT2D eigenvalue weighted by Crippen LogP contribution is -2.49. The van der Waals surface area contributed by atoms with Gasteiger partial charge >= 0.3 is 11.9 Å². The molecular weight excluding hydrogens is 306 g/mol. The molecule has 2 atom stereocenters. The van der Waals surface area contributed by atoms with Gasteiger partial charge in [0, 0.05) is 19.6 Å². The van der Waals surface area contributed by atoms with Crippen LogP contribution in [0.2, 0.25) is 0 Å². The smallest absolute Gasteiger partial charge is 0.338 e. The molecule has 24 heavy (non-hydrogen) atoms. The molecule has 0 amide bonds. The summed E-state index contributed by atoms with van der Waals surface area (Å²) in [5.41, 5.74) is 0.504. The highest BCUT2D eigenvalue weighted by Crippen LogP contribution is 2.23. The van der Waals surface area contributed by atoms with Crippen LogP contribution < -0.4 is 0 Å². The average Bonchev–Trinajstić information content (AvgIpc) is 2.56. The van der Waals surface area contributed by atoms with Gasteiger partial charge in [-0.25, -0.2) is 4.79 Å². The zero-order valence-corrected chi connectivity index (χ0v) is 14.7. The van der Waals surface area contributed by atoms with E-state index in [9.17, 15) is 9.59 Å². The molecule has 132 valence electrons. The molecule has 1 aliphatic rings. The Morgan fingerprint density at radius 1 is 1.25 bits per heavy atom. The van der Waals surface area contributed by atoms with Crippen molar-refractivity contribution >= 4 is 11.9 Å². The van der Waals surface area contributed by atoms with Crippen LogP contribution >= 0.6 is 0 Å². The van der Waals surface area contributed by atoms with Gasteiger partial charge in [0.25, 0.3) is 0 Å². The fraction of sp³-hybridized carbons (Fsp3) is 0.579. The monoisotopic (exact) mass is 333 g/mol. The zero-order valence-electron chi connectivity index (χ0n) is 14.7. The fourth-order valence-electron chi connectivity index (χ4n) is 3.08. The third-order valence-corrected chi connectivity index (χ3v) is 4.11. The minimum Gasteiger partial charge on any atom is -0.466 e. The first-order chi connectivity index (χ1) is 11.5. The van der Waals surface area contributed by atoms with Gasteiger partial charge in [-0.3, -0.25) is 4.79 Å². The minimum atomic E-state index is -0.430. The van der Waals surface area contributed by atoms with E-state index in [1.165, 1.54) is 0 Å². The van der Waals surface area contributed by atoms with Crippen LogP contribution in [0.15, 0.2) is 30.3 Å². The van der Waals surface area contributed by atoms with E-state index in [-0.39, 0.29) is 11.9 Å². The maximum absolute atomic E-state index is 12.3. The molecular formula is C19H27NO4. The number of ether oxygens (including phenoxy) is 2. The second kappa shape index (κ2) is 8.83. The van der Waals surface area contributed by atoms with Gasteiger partial charge in [-0.05, 0) is 31.4 Å². The molecule has 0 saturated carbocycles. The predicted octanol–water partition coefficient (Wildman–Crippen LogP) is 2.75. The minimum absolute atomic E-state index is 0.281. The van der Waals surface area contributed by atoms with Crippen LogP contribution in [0.5, 0.6) is 0 Å².